The van der Waals surface area contributed by atoms with Gasteiger partial charge < -0.3 is 5.32 Å². The van der Waals surface area contributed by atoms with Crippen LogP contribution in [0.15, 0.2) is 32.5 Å². The highest BCUT2D eigenvalue weighted by Crippen LogP contribution is 2.38. The number of hydrogen-bond acceptors (Lipinski definition) is 2. The molecular weight excluding hydrogens is 398 g/mol. The van der Waals surface area contributed by atoms with Crippen LogP contribution in [0.25, 0.3) is 0 Å². The summed E-state index contributed by atoms with van der Waals surface area (Å²) in [5, 5.41) is 3.47. The number of rotatable bonds is 5. The monoisotopic (exact) mass is 415 g/mol. The number of thiophene rings is 1. The van der Waals surface area contributed by atoms with Crippen molar-refractivity contribution in [2.24, 2.45) is 0 Å². The van der Waals surface area contributed by atoms with Crippen molar-refractivity contribution in [3.63, 3.8) is 0 Å². The fourth-order valence-electron chi connectivity index (χ4n) is 2.41. The van der Waals surface area contributed by atoms with Crippen molar-refractivity contribution in [3.05, 3.63) is 54.1 Å². The molecule has 0 aliphatic heterocycles. The van der Waals surface area contributed by atoms with E-state index in [1.807, 2.05) is 7.05 Å². The first-order chi connectivity index (χ1) is 9.60. The summed E-state index contributed by atoms with van der Waals surface area (Å²) in [7, 11) is 2.03. The molecule has 0 spiro atoms. The minimum absolute atomic E-state index is 0.254. The molecule has 2 aromatic rings. The van der Waals surface area contributed by atoms with Crippen LogP contribution in [0.3, 0.4) is 0 Å². The number of halogens is 2. The van der Waals surface area contributed by atoms with Gasteiger partial charge in [-0.15, -0.1) is 11.3 Å². The summed E-state index contributed by atoms with van der Waals surface area (Å²) in [5.74, 6) is 0. The molecule has 0 amide bonds. The van der Waals surface area contributed by atoms with E-state index >= 15 is 0 Å². The number of benzene rings is 1. The molecule has 0 saturated carbocycles. The SMILES string of the molecule is CCc1ccc(CC)c(C(NC)c2cc(Br)c(Br)s2)c1. The Morgan fingerprint density at radius 3 is 2.40 bits per heavy atom. The predicted octanol–water partition coefficient (Wildman–Crippen LogP) is 5.71. The Kier molecular flexibility index (Phi) is 5.84. The topological polar surface area (TPSA) is 12.0 Å². The molecule has 1 nitrogen and oxygen atoms in total. The zero-order valence-corrected chi connectivity index (χ0v) is 16.0. The van der Waals surface area contributed by atoms with E-state index in [-0.39, 0.29) is 6.04 Å². The van der Waals surface area contributed by atoms with Crippen molar-refractivity contribution >= 4 is 43.2 Å². The van der Waals surface area contributed by atoms with Gasteiger partial charge in [-0.1, -0.05) is 32.0 Å². The molecule has 1 heterocycles. The van der Waals surface area contributed by atoms with Crippen molar-refractivity contribution in [2.45, 2.75) is 32.7 Å². The van der Waals surface area contributed by atoms with Gasteiger partial charge in [0.25, 0.3) is 0 Å². The van der Waals surface area contributed by atoms with Crippen LogP contribution in [-0.4, -0.2) is 7.05 Å². The first-order valence-corrected chi connectivity index (χ1v) is 9.24. The van der Waals surface area contributed by atoms with E-state index in [4.69, 9.17) is 0 Å². The maximum atomic E-state index is 3.59. The summed E-state index contributed by atoms with van der Waals surface area (Å²) >= 11 is 8.96. The van der Waals surface area contributed by atoms with Crippen LogP contribution in [0.5, 0.6) is 0 Å². The van der Waals surface area contributed by atoms with Crippen LogP contribution in [-0.2, 0) is 12.8 Å². The highest BCUT2D eigenvalue weighted by atomic mass is 79.9. The smallest absolute Gasteiger partial charge is 0.0843 e. The van der Waals surface area contributed by atoms with E-state index in [0.29, 0.717) is 0 Å². The molecule has 0 bridgehead atoms. The first-order valence-electron chi connectivity index (χ1n) is 6.84. The summed E-state index contributed by atoms with van der Waals surface area (Å²) in [6.07, 6.45) is 2.14. The number of aryl methyl sites for hydroxylation is 2. The van der Waals surface area contributed by atoms with Crippen molar-refractivity contribution in [2.75, 3.05) is 7.05 Å². The van der Waals surface area contributed by atoms with Crippen molar-refractivity contribution in [1.82, 2.24) is 5.32 Å². The summed E-state index contributed by atoms with van der Waals surface area (Å²) in [6.45, 7) is 4.43. The van der Waals surface area contributed by atoms with Gasteiger partial charge in [-0.3, -0.25) is 0 Å². The van der Waals surface area contributed by atoms with E-state index < -0.39 is 0 Å². The van der Waals surface area contributed by atoms with Crippen LogP contribution in [0.2, 0.25) is 0 Å². The van der Waals surface area contributed by atoms with Crippen LogP contribution in [0.1, 0.15) is 41.5 Å². The fraction of sp³-hybridized carbons (Fsp3) is 0.375. The minimum Gasteiger partial charge on any atom is -0.309 e. The molecule has 1 aromatic carbocycles. The average molecular weight is 417 g/mol. The lowest BCUT2D eigenvalue weighted by molar-refractivity contribution is 0.694. The van der Waals surface area contributed by atoms with Gasteiger partial charge in [0.1, 0.15) is 0 Å². The van der Waals surface area contributed by atoms with Crippen LogP contribution >= 0.6 is 43.2 Å². The van der Waals surface area contributed by atoms with E-state index in [1.54, 1.807) is 11.3 Å². The van der Waals surface area contributed by atoms with E-state index in [0.717, 1.165) is 21.1 Å². The number of hydrogen-bond donors (Lipinski definition) is 1. The zero-order chi connectivity index (χ0) is 14.7. The number of nitrogens with one attached hydrogen (secondary N) is 1. The predicted molar refractivity (Wildman–Crippen MR) is 95.8 cm³/mol. The van der Waals surface area contributed by atoms with Crippen LogP contribution < -0.4 is 5.32 Å². The Morgan fingerprint density at radius 1 is 1.15 bits per heavy atom. The summed E-state index contributed by atoms with van der Waals surface area (Å²) in [4.78, 5) is 1.33. The van der Waals surface area contributed by atoms with Crippen LogP contribution in [0, 0.1) is 0 Å². The first kappa shape index (κ1) is 16.2. The lowest BCUT2D eigenvalue weighted by Gasteiger charge is -2.19. The Bertz CT molecular complexity index is 573. The summed E-state index contributed by atoms with van der Waals surface area (Å²) < 4.78 is 2.28. The second-order valence-electron chi connectivity index (χ2n) is 4.73. The maximum Gasteiger partial charge on any atom is 0.0843 e. The largest absolute Gasteiger partial charge is 0.309 e. The Balaban J connectivity index is 2.50. The molecule has 0 aliphatic carbocycles. The third kappa shape index (κ3) is 3.35. The molecule has 1 N–H and O–H groups in total. The molecule has 0 fully saturated rings. The zero-order valence-electron chi connectivity index (χ0n) is 12.0. The molecule has 0 aliphatic rings. The van der Waals surface area contributed by atoms with E-state index in [1.165, 1.54) is 21.6 Å². The Hall–Kier alpha value is -0.160. The van der Waals surface area contributed by atoms with Gasteiger partial charge >= 0.3 is 0 Å². The van der Waals surface area contributed by atoms with Gasteiger partial charge in [-0.25, -0.2) is 0 Å². The third-order valence-electron chi connectivity index (χ3n) is 3.55. The second-order valence-corrected chi connectivity index (χ2v) is 7.99. The normalized spacial score (nSPS) is 12.7. The van der Waals surface area contributed by atoms with Crippen molar-refractivity contribution in [1.29, 1.82) is 0 Å². The van der Waals surface area contributed by atoms with Gasteiger partial charge in [0, 0.05) is 9.35 Å². The molecule has 4 heteroatoms. The average Bonchev–Trinajstić information content (AvgIpc) is 2.79. The van der Waals surface area contributed by atoms with Gasteiger partial charge in [0.15, 0.2) is 0 Å². The third-order valence-corrected chi connectivity index (χ3v) is 6.87. The standard InChI is InChI=1S/C16H19Br2NS/c1-4-10-6-7-11(5-2)12(8-10)15(19-3)14-9-13(17)16(18)20-14/h6-9,15,19H,4-5H2,1-3H3. The van der Waals surface area contributed by atoms with E-state index in [2.05, 4.69) is 75.3 Å². The second kappa shape index (κ2) is 7.21. The summed E-state index contributed by atoms with van der Waals surface area (Å²) in [5.41, 5.74) is 4.21. The molecular formula is C16H19Br2NS. The van der Waals surface area contributed by atoms with Crippen LogP contribution in [0.4, 0.5) is 0 Å². The molecule has 0 saturated heterocycles. The highest BCUT2D eigenvalue weighted by Gasteiger charge is 2.19. The lowest BCUT2D eigenvalue weighted by Crippen LogP contribution is -2.18. The quantitative estimate of drug-likeness (QED) is 0.658. The lowest BCUT2D eigenvalue weighted by atomic mass is 9.94. The Morgan fingerprint density at radius 2 is 1.90 bits per heavy atom. The molecule has 1 atom stereocenters. The minimum atomic E-state index is 0.254. The molecule has 2 rings (SSSR count). The molecule has 20 heavy (non-hydrogen) atoms. The van der Waals surface area contributed by atoms with Crippen molar-refractivity contribution in [3.8, 4) is 0 Å². The van der Waals surface area contributed by atoms with Gasteiger partial charge in [-0.05, 0) is 74.5 Å². The molecule has 1 aromatic heterocycles. The molecule has 108 valence electrons. The van der Waals surface area contributed by atoms with Gasteiger partial charge in [0.05, 0.1) is 9.83 Å². The summed E-state index contributed by atoms with van der Waals surface area (Å²) in [6, 6.07) is 9.32. The van der Waals surface area contributed by atoms with Gasteiger partial charge in [0.2, 0.25) is 0 Å². The van der Waals surface area contributed by atoms with Crippen molar-refractivity contribution < 1.29 is 0 Å². The maximum absolute atomic E-state index is 3.59. The Labute approximate surface area is 142 Å². The molecule has 0 radical (unpaired) electrons. The fourth-order valence-corrected chi connectivity index (χ4v) is 4.63. The molecule has 1 unspecified atom stereocenters. The van der Waals surface area contributed by atoms with E-state index in [9.17, 15) is 0 Å². The highest BCUT2D eigenvalue weighted by molar-refractivity contribution is 9.13. The van der Waals surface area contributed by atoms with Gasteiger partial charge in [-0.2, -0.15) is 0 Å².